The van der Waals surface area contributed by atoms with Crippen molar-refractivity contribution in [2.75, 3.05) is 18.7 Å². The zero-order valence-electron chi connectivity index (χ0n) is 18.7. The van der Waals surface area contributed by atoms with Crippen molar-refractivity contribution < 1.29 is 28.3 Å². The molecular weight excluding hydrogens is 449 g/mol. The molecule has 12 heteroatoms. The first-order valence-corrected chi connectivity index (χ1v) is 12.1. The number of aromatic nitrogens is 4. The number of nitrogen functional groups attached to an aromatic ring is 1. The molecule has 3 rings (SSSR count). The van der Waals surface area contributed by atoms with Crippen LogP contribution >= 0.6 is 7.60 Å². The quantitative estimate of drug-likeness (QED) is 0.370. The van der Waals surface area contributed by atoms with E-state index < -0.39 is 25.1 Å². The van der Waals surface area contributed by atoms with Crippen LogP contribution in [0.5, 0.6) is 5.75 Å². The number of carbonyl (C=O) groups is 1. The fourth-order valence-electron chi connectivity index (χ4n) is 2.86. The molecule has 2 aromatic heterocycles. The maximum Gasteiger partial charge on any atom is 0.404 e. The van der Waals surface area contributed by atoms with Gasteiger partial charge in [-0.1, -0.05) is 18.2 Å². The van der Waals surface area contributed by atoms with Crippen LogP contribution in [-0.2, 0) is 25.2 Å². The maximum atomic E-state index is 13.4. The van der Waals surface area contributed by atoms with Crippen LogP contribution in [-0.4, -0.2) is 49.7 Å². The number of nitrogens with zero attached hydrogens (tertiary/aromatic N) is 4. The van der Waals surface area contributed by atoms with Gasteiger partial charge in [-0.05, 0) is 39.3 Å². The zero-order valence-corrected chi connectivity index (χ0v) is 19.6. The van der Waals surface area contributed by atoms with Gasteiger partial charge in [0.05, 0.1) is 31.0 Å². The summed E-state index contributed by atoms with van der Waals surface area (Å²) in [5.74, 6) is -0.320. The van der Waals surface area contributed by atoms with E-state index in [-0.39, 0.29) is 25.2 Å². The van der Waals surface area contributed by atoms with E-state index >= 15 is 0 Å². The van der Waals surface area contributed by atoms with Crippen molar-refractivity contribution in [1.29, 1.82) is 0 Å². The van der Waals surface area contributed by atoms with E-state index in [0.29, 0.717) is 23.5 Å². The third kappa shape index (κ3) is 6.50. The maximum absolute atomic E-state index is 13.4. The summed E-state index contributed by atoms with van der Waals surface area (Å²) in [6.45, 7) is 5.25. The van der Waals surface area contributed by atoms with Gasteiger partial charge in [-0.3, -0.25) is 9.32 Å². The van der Waals surface area contributed by atoms with Crippen LogP contribution in [0.3, 0.4) is 0 Å². The molecule has 0 spiro atoms. The molecule has 3 N–H and O–H groups in total. The number of carboxylic acids is 1. The first kappa shape index (κ1) is 24.6. The molecule has 0 fully saturated rings. The van der Waals surface area contributed by atoms with Gasteiger partial charge in [0.15, 0.2) is 17.8 Å². The van der Waals surface area contributed by atoms with Crippen molar-refractivity contribution in [3.63, 3.8) is 0 Å². The molecule has 2 unspecified atom stereocenters. The lowest BCUT2D eigenvalue weighted by Gasteiger charge is -2.24. The summed E-state index contributed by atoms with van der Waals surface area (Å²) in [5.41, 5.74) is 5.85. The van der Waals surface area contributed by atoms with Crippen molar-refractivity contribution in [3.8, 4) is 5.75 Å². The summed E-state index contributed by atoms with van der Waals surface area (Å²) in [6.07, 6.45) is 2.38. The molecule has 0 saturated heterocycles. The Balaban J connectivity index is 1.66. The number of ether oxygens (including phenoxy) is 1. The summed E-state index contributed by atoms with van der Waals surface area (Å²) in [5, 5.41) is 9.29. The number of hydrogen-bond donors (Lipinski definition) is 2. The predicted octanol–water partition coefficient (Wildman–Crippen LogP) is 3.56. The Morgan fingerprint density at radius 1 is 1.24 bits per heavy atom. The number of fused-ring (bicyclic) bond motifs is 1. The Bertz CT molecular complexity index is 1140. The first-order chi connectivity index (χ1) is 15.6. The van der Waals surface area contributed by atoms with Crippen LogP contribution in [0.25, 0.3) is 11.2 Å². The van der Waals surface area contributed by atoms with Gasteiger partial charge in [-0.2, -0.15) is 0 Å². The minimum atomic E-state index is -3.74. The molecule has 0 aliphatic heterocycles. The highest BCUT2D eigenvalue weighted by atomic mass is 31.2. The monoisotopic (exact) mass is 477 g/mol. The molecule has 0 radical (unpaired) electrons. The minimum absolute atomic E-state index is 0.0660. The molecule has 0 aliphatic carbocycles. The standard InChI is InChI=1S/C21H28N5O6P/c1-15(11-26-13-25-17-18(22)23-12-24-19(17)26)30-14-33(29,32-16-7-5-4-6-8-16)31-10-9-21(2,3)20(27)28/h4-8,12-13,15H,9-11,14H2,1-3H3,(H,27,28)(H2,22,23,24). The number of para-hydroxylation sites is 1. The number of hydrogen-bond acceptors (Lipinski definition) is 9. The molecule has 0 aliphatic rings. The van der Waals surface area contributed by atoms with E-state index in [9.17, 15) is 14.5 Å². The SMILES string of the molecule is CC(Cn1cnc2c(N)ncnc21)OCP(=O)(OCCC(C)(C)C(=O)O)Oc1ccccc1. The van der Waals surface area contributed by atoms with E-state index in [1.54, 1.807) is 62.0 Å². The Morgan fingerprint density at radius 2 is 1.97 bits per heavy atom. The summed E-state index contributed by atoms with van der Waals surface area (Å²) < 4.78 is 32.2. The Morgan fingerprint density at radius 3 is 2.67 bits per heavy atom. The van der Waals surface area contributed by atoms with Gasteiger partial charge >= 0.3 is 13.6 Å². The molecule has 2 heterocycles. The van der Waals surface area contributed by atoms with E-state index in [4.69, 9.17) is 19.5 Å². The van der Waals surface area contributed by atoms with Crippen molar-refractivity contribution in [1.82, 2.24) is 19.5 Å². The molecule has 3 aromatic rings. The second kappa shape index (κ2) is 10.3. The molecule has 11 nitrogen and oxygen atoms in total. The smallest absolute Gasteiger partial charge is 0.404 e. The third-order valence-electron chi connectivity index (χ3n) is 4.98. The molecule has 0 bridgehead atoms. The molecular formula is C21H28N5O6P. The average molecular weight is 477 g/mol. The molecule has 0 amide bonds. The third-order valence-corrected chi connectivity index (χ3v) is 6.51. The van der Waals surface area contributed by atoms with Crippen LogP contribution < -0.4 is 10.3 Å². The molecule has 2 atom stereocenters. The van der Waals surface area contributed by atoms with Crippen LogP contribution in [0.2, 0.25) is 0 Å². The number of imidazole rings is 1. The fourth-order valence-corrected chi connectivity index (χ4v) is 4.29. The Hall–Kier alpha value is -3.01. The van der Waals surface area contributed by atoms with Crippen molar-refractivity contribution >= 4 is 30.5 Å². The van der Waals surface area contributed by atoms with Crippen LogP contribution in [0.15, 0.2) is 43.0 Å². The summed E-state index contributed by atoms with van der Waals surface area (Å²) in [4.78, 5) is 23.7. The number of benzene rings is 1. The highest BCUT2D eigenvalue weighted by Gasteiger charge is 2.32. The first-order valence-electron chi connectivity index (χ1n) is 10.3. The van der Waals surface area contributed by atoms with Gasteiger partial charge in [-0.15, -0.1) is 0 Å². The number of aliphatic carboxylic acids is 1. The van der Waals surface area contributed by atoms with Crippen molar-refractivity contribution in [2.45, 2.75) is 39.8 Å². The second-order valence-corrected chi connectivity index (χ2v) is 10.1. The lowest BCUT2D eigenvalue weighted by molar-refractivity contribution is -0.147. The topological polar surface area (TPSA) is 152 Å². The molecule has 33 heavy (non-hydrogen) atoms. The Kier molecular flexibility index (Phi) is 7.68. The normalized spacial score (nSPS) is 14.6. The molecule has 0 saturated carbocycles. The van der Waals surface area contributed by atoms with Gasteiger partial charge in [0.1, 0.15) is 17.6 Å². The van der Waals surface area contributed by atoms with Crippen molar-refractivity contribution in [3.05, 3.63) is 43.0 Å². The highest BCUT2D eigenvalue weighted by molar-refractivity contribution is 7.54. The van der Waals surface area contributed by atoms with Gasteiger partial charge in [0.2, 0.25) is 0 Å². The molecule has 178 valence electrons. The lowest BCUT2D eigenvalue weighted by atomic mass is 9.90. The summed E-state index contributed by atoms with van der Waals surface area (Å²) >= 11 is 0. The predicted molar refractivity (Wildman–Crippen MR) is 122 cm³/mol. The van der Waals surface area contributed by atoms with E-state index in [0.717, 1.165) is 0 Å². The Labute approximate surface area is 191 Å². The largest absolute Gasteiger partial charge is 0.481 e. The number of rotatable bonds is 12. The lowest BCUT2D eigenvalue weighted by Crippen LogP contribution is -2.25. The average Bonchev–Trinajstić information content (AvgIpc) is 3.17. The molecule has 1 aromatic carbocycles. The highest BCUT2D eigenvalue weighted by Crippen LogP contribution is 2.49. The van der Waals surface area contributed by atoms with Gasteiger partial charge in [0.25, 0.3) is 0 Å². The van der Waals surface area contributed by atoms with E-state index in [2.05, 4.69) is 15.0 Å². The van der Waals surface area contributed by atoms with Crippen LogP contribution in [0.1, 0.15) is 27.2 Å². The summed E-state index contributed by atoms with van der Waals surface area (Å²) in [7, 11) is -3.74. The fraction of sp³-hybridized carbons (Fsp3) is 0.429. The van der Waals surface area contributed by atoms with Gasteiger partial charge in [0, 0.05) is 0 Å². The number of carboxylic acid groups (broad SMARTS) is 1. The van der Waals surface area contributed by atoms with Crippen molar-refractivity contribution in [2.24, 2.45) is 5.41 Å². The minimum Gasteiger partial charge on any atom is -0.481 e. The number of nitrogens with two attached hydrogens (primary N) is 1. The van der Waals surface area contributed by atoms with Crippen LogP contribution in [0.4, 0.5) is 5.82 Å². The zero-order chi connectivity index (χ0) is 24.1. The summed E-state index contributed by atoms with van der Waals surface area (Å²) in [6, 6.07) is 8.60. The second-order valence-electron chi connectivity index (χ2n) is 8.22. The number of anilines is 1. The van der Waals surface area contributed by atoms with E-state index in [1.807, 2.05) is 0 Å². The van der Waals surface area contributed by atoms with Crippen LogP contribution in [0, 0.1) is 5.41 Å². The van der Waals surface area contributed by atoms with Gasteiger partial charge in [-0.25, -0.2) is 19.5 Å². The van der Waals surface area contributed by atoms with E-state index in [1.165, 1.54) is 6.33 Å². The van der Waals surface area contributed by atoms with Gasteiger partial charge < -0.3 is 24.7 Å².